The summed E-state index contributed by atoms with van der Waals surface area (Å²) in [5, 5.41) is 24.2. The van der Waals surface area contributed by atoms with E-state index in [4.69, 9.17) is 4.74 Å². The van der Waals surface area contributed by atoms with Gasteiger partial charge in [0.15, 0.2) is 0 Å². The van der Waals surface area contributed by atoms with Crippen molar-refractivity contribution >= 4 is 5.97 Å². The maximum absolute atomic E-state index is 13.9. The van der Waals surface area contributed by atoms with Gasteiger partial charge in [0.25, 0.3) is 0 Å². The summed E-state index contributed by atoms with van der Waals surface area (Å²) in [5.74, 6) is 1.33. The number of carbonyl (C=O) groups is 1. The number of benzene rings is 1. The Kier molecular flexibility index (Phi) is 10.3. The van der Waals surface area contributed by atoms with Crippen LogP contribution in [0.25, 0.3) is 0 Å². The maximum atomic E-state index is 13.9. The highest BCUT2D eigenvalue weighted by Crippen LogP contribution is 2.68. The molecule has 2 N–H and O–H groups in total. The van der Waals surface area contributed by atoms with E-state index >= 15 is 0 Å². The molecule has 1 aromatic rings. The van der Waals surface area contributed by atoms with Gasteiger partial charge in [0.1, 0.15) is 5.75 Å². The van der Waals surface area contributed by atoms with Crippen molar-refractivity contribution in [2.24, 2.45) is 39.9 Å². The first-order valence-corrected chi connectivity index (χ1v) is 15.4. The van der Waals surface area contributed by atoms with Gasteiger partial charge >= 0.3 is 5.97 Å². The molecule has 1 atom stereocenters. The van der Waals surface area contributed by atoms with Crippen LogP contribution in [0.5, 0.6) is 5.75 Å². The van der Waals surface area contributed by atoms with E-state index in [9.17, 15) is 15.0 Å². The highest BCUT2D eigenvalue weighted by molar-refractivity contribution is 5.84. The van der Waals surface area contributed by atoms with Crippen LogP contribution in [0.3, 0.4) is 0 Å². The molecule has 39 heavy (non-hydrogen) atoms. The summed E-state index contributed by atoms with van der Waals surface area (Å²) >= 11 is 0. The van der Waals surface area contributed by atoms with E-state index in [2.05, 4.69) is 90.0 Å². The third-order valence-corrected chi connectivity index (χ3v) is 8.31. The van der Waals surface area contributed by atoms with Crippen molar-refractivity contribution in [2.45, 2.75) is 140 Å². The molecular weight excluding hydrogens is 484 g/mol. The zero-order chi connectivity index (χ0) is 30.2. The minimum absolute atomic E-state index is 0.0106. The van der Waals surface area contributed by atoms with E-state index in [1.807, 2.05) is 18.2 Å². The van der Waals surface area contributed by atoms with Crippen molar-refractivity contribution in [1.82, 2.24) is 0 Å². The summed E-state index contributed by atoms with van der Waals surface area (Å²) < 4.78 is 6.25. The van der Waals surface area contributed by atoms with Crippen molar-refractivity contribution in [3.63, 3.8) is 0 Å². The van der Waals surface area contributed by atoms with Crippen LogP contribution in [0, 0.1) is 39.9 Å². The molecule has 0 saturated heterocycles. The van der Waals surface area contributed by atoms with Crippen molar-refractivity contribution in [1.29, 1.82) is 0 Å². The first-order valence-electron chi connectivity index (χ1n) is 15.4. The van der Waals surface area contributed by atoms with Gasteiger partial charge in [-0.05, 0) is 102 Å². The van der Waals surface area contributed by atoms with Crippen LogP contribution in [0.15, 0.2) is 18.2 Å². The highest BCUT2D eigenvalue weighted by Gasteiger charge is 2.68. The van der Waals surface area contributed by atoms with Crippen molar-refractivity contribution in [3.8, 4) is 5.75 Å². The Hall–Kier alpha value is -1.39. The largest absolute Gasteiger partial charge is 0.426 e. The lowest BCUT2D eigenvalue weighted by molar-refractivity contribution is -0.143. The average molecular weight is 545 g/mol. The minimum atomic E-state index is -1.09. The van der Waals surface area contributed by atoms with Crippen LogP contribution in [0.4, 0.5) is 0 Å². The molecule has 2 rings (SSSR count). The van der Waals surface area contributed by atoms with E-state index in [1.165, 1.54) is 0 Å². The lowest BCUT2D eigenvalue weighted by Crippen LogP contribution is -2.34. The summed E-state index contributed by atoms with van der Waals surface area (Å²) in [6.45, 7) is 27.8. The third kappa shape index (κ3) is 8.55. The Bertz CT molecular complexity index is 911. The highest BCUT2D eigenvalue weighted by atomic mass is 16.5. The summed E-state index contributed by atoms with van der Waals surface area (Å²) in [4.78, 5) is 13.9. The van der Waals surface area contributed by atoms with Crippen LogP contribution in [-0.2, 0) is 16.0 Å². The molecule has 0 heterocycles. The normalized spacial score (nSPS) is 19.9. The van der Waals surface area contributed by atoms with Crippen molar-refractivity contribution < 1.29 is 19.7 Å². The predicted octanol–water partition coefficient (Wildman–Crippen LogP) is 9.00. The quantitative estimate of drug-likeness (QED) is 0.192. The van der Waals surface area contributed by atoms with E-state index in [-0.39, 0.29) is 40.5 Å². The number of carbonyl (C=O) groups excluding carboxylic acids is 1. The molecular formula is C35H60O4. The molecule has 0 spiro atoms. The van der Waals surface area contributed by atoms with Gasteiger partial charge in [-0.25, -0.2) is 0 Å². The minimum Gasteiger partial charge on any atom is -0.426 e. The third-order valence-electron chi connectivity index (χ3n) is 8.31. The number of rotatable bonds is 13. The van der Waals surface area contributed by atoms with Gasteiger partial charge < -0.3 is 14.9 Å². The van der Waals surface area contributed by atoms with Gasteiger partial charge in [0.2, 0.25) is 0 Å². The number of aliphatic hydroxyl groups is 2. The Morgan fingerprint density at radius 3 is 1.36 bits per heavy atom. The van der Waals surface area contributed by atoms with Crippen LogP contribution in [0.1, 0.15) is 140 Å². The molecule has 1 fully saturated rings. The molecule has 1 aromatic carbocycles. The van der Waals surface area contributed by atoms with Crippen molar-refractivity contribution in [2.75, 3.05) is 0 Å². The van der Waals surface area contributed by atoms with Crippen LogP contribution in [-0.4, -0.2) is 16.2 Å². The van der Waals surface area contributed by atoms with Crippen LogP contribution >= 0.6 is 0 Å². The Morgan fingerprint density at radius 2 is 1.10 bits per heavy atom. The van der Waals surface area contributed by atoms with E-state index in [0.29, 0.717) is 31.4 Å². The summed E-state index contributed by atoms with van der Waals surface area (Å²) in [5.41, 5.74) is -1.37. The SMILES string of the molecule is CC(C)CC(O)(CC(C)C)c1cc(OC(=O)C2(CC(C)(C)C)CC2(C)C)cc(C(O)(CC(C)C)CC(C)C)c1. The number of esters is 1. The maximum Gasteiger partial charge on any atom is 0.318 e. The fraction of sp³-hybridized carbons (Fsp3) is 0.800. The molecule has 0 aliphatic heterocycles. The number of hydrogen-bond acceptors (Lipinski definition) is 4. The second-order valence-electron chi connectivity index (χ2n) is 16.5. The molecule has 1 saturated carbocycles. The van der Waals surface area contributed by atoms with E-state index in [1.54, 1.807) is 0 Å². The zero-order valence-electron chi connectivity index (χ0n) is 27.5. The second kappa shape index (κ2) is 11.8. The summed E-state index contributed by atoms with van der Waals surface area (Å²) in [6.07, 6.45) is 3.93. The van der Waals surface area contributed by atoms with Gasteiger partial charge in [0.05, 0.1) is 16.6 Å². The van der Waals surface area contributed by atoms with Crippen LogP contribution < -0.4 is 4.74 Å². The lowest BCUT2D eigenvalue weighted by atomic mass is 9.75. The molecule has 0 aromatic heterocycles. The fourth-order valence-corrected chi connectivity index (χ4v) is 7.08. The molecule has 4 nitrogen and oxygen atoms in total. The molecule has 224 valence electrons. The summed E-state index contributed by atoms with van der Waals surface area (Å²) in [7, 11) is 0. The Balaban J connectivity index is 2.70. The Labute approximate surface area is 240 Å². The van der Waals surface area contributed by atoms with Gasteiger partial charge in [-0.2, -0.15) is 0 Å². The molecule has 4 heteroatoms. The lowest BCUT2D eigenvalue weighted by Gasteiger charge is -2.36. The molecule has 1 aliphatic rings. The predicted molar refractivity (Wildman–Crippen MR) is 163 cm³/mol. The standard InChI is InChI=1S/C35H60O4/c1-23(2)17-34(37,18-24(3)4)27-14-28(35(38,19-25(5)6)20-26(7)8)16-29(15-27)39-30(36)33(21-31(9,10)11)22-32(33,12)13/h14-16,23-26,37-38H,17-22H2,1-13H3. The average Bonchev–Trinajstić information content (AvgIpc) is 3.24. The molecule has 1 aliphatic carbocycles. The molecule has 0 bridgehead atoms. The monoisotopic (exact) mass is 544 g/mol. The Morgan fingerprint density at radius 1 is 0.769 bits per heavy atom. The second-order valence-corrected chi connectivity index (χ2v) is 16.5. The smallest absolute Gasteiger partial charge is 0.318 e. The molecule has 0 radical (unpaired) electrons. The summed E-state index contributed by atoms with van der Waals surface area (Å²) in [6, 6.07) is 5.70. The van der Waals surface area contributed by atoms with E-state index in [0.717, 1.165) is 24.0 Å². The number of hydrogen-bond donors (Lipinski definition) is 2. The van der Waals surface area contributed by atoms with Crippen molar-refractivity contribution in [3.05, 3.63) is 29.3 Å². The molecule has 1 unspecified atom stereocenters. The zero-order valence-corrected chi connectivity index (χ0v) is 27.5. The van der Waals surface area contributed by atoms with Gasteiger partial charge in [-0.1, -0.05) is 90.0 Å². The number of ether oxygens (including phenoxy) is 1. The fourth-order valence-electron chi connectivity index (χ4n) is 7.08. The molecule has 0 amide bonds. The van der Waals surface area contributed by atoms with Crippen LogP contribution in [0.2, 0.25) is 0 Å². The first-order chi connectivity index (χ1) is 17.5. The van der Waals surface area contributed by atoms with Gasteiger partial charge in [-0.15, -0.1) is 0 Å². The van der Waals surface area contributed by atoms with E-state index < -0.39 is 16.6 Å². The topological polar surface area (TPSA) is 66.8 Å². The first kappa shape index (κ1) is 33.8. The van der Waals surface area contributed by atoms with Gasteiger partial charge in [-0.3, -0.25) is 4.79 Å². The van der Waals surface area contributed by atoms with Gasteiger partial charge in [0, 0.05) is 0 Å².